The van der Waals surface area contributed by atoms with Crippen molar-refractivity contribution in [1.82, 2.24) is 4.98 Å². The molecule has 0 spiro atoms. The Bertz CT molecular complexity index is 963. The molecule has 1 aliphatic carbocycles. The van der Waals surface area contributed by atoms with Crippen molar-refractivity contribution >= 4 is 28.2 Å². The van der Waals surface area contributed by atoms with Crippen LogP contribution >= 0.6 is 0 Å². The summed E-state index contributed by atoms with van der Waals surface area (Å²) in [5.41, 5.74) is 6.61. The van der Waals surface area contributed by atoms with Gasteiger partial charge in [0.1, 0.15) is 0 Å². The number of rotatable bonds is 3. The second-order valence-electron chi connectivity index (χ2n) is 6.24. The van der Waals surface area contributed by atoms with Crippen molar-refractivity contribution in [1.29, 1.82) is 0 Å². The van der Waals surface area contributed by atoms with Gasteiger partial charge in [-0.2, -0.15) is 0 Å². The lowest BCUT2D eigenvalue weighted by Crippen LogP contribution is -2.03. The minimum absolute atomic E-state index is 0.290. The monoisotopic (exact) mass is 318 g/mol. The molecule has 0 fully saturated rings. The summed E-state index contributed by atoms with van der Waals surface area (Å²) in [5.74, 6) is -0.914. The van der Waals surface area contributed by atoms with Gasteiger partial charge in [0, 0.05) is 16.8 Å². The summed E-state index contributed by atoms with van der Waals surface area (Å²) in [4.78, 5) is 16.1. The molecule has 4 rings (SSSR count). The molecule has 3 aromatic rings. The molecular weight excluding hydrogens is 300 g/mol. The number of para-hydroxylation sites is 1. The first kappa shape index (κ1) is 14.7. The number of carbonyl (C=O) groups is 1. The first-order chi connectivity index (χ1) is 11.6. The van der Waals surface area contributed by atoms with Crippen LogP contribution in [-0.2, 0) is 12.8 Å². The van der Waals surface area contributed by atoms with E-state index in [1.807, 2.05) is 31.2 Å². The Kier molecular flexibility index (Phi) is 3.45. The van der Waals surface area contributed by atoms with E-state index in [0.29, 0.717) is 0 Å². The molecule has 0 amide bonds. The van der Waals surface area contributed by atoms with Crippen molar-refractivity contribution in [3.8, 4) is 0 Å². The van der Waals surface area contributed by atoms with Crippen LogP contribution in [-0.4, -0.2) is 16.1 Å². The number of aryl methyl sites for hydroxylation is 2. The van der Waals surface area contributed by atoms with Gasteiger partial charge in [0.15, 0.2) is 0 Å². The van der Waals surface area contributed by atoms with Crippen molar-refractivity contribution in [3.05, 3.63) is 64.8 Å². The summed E-state index contributed by atoms with van der Waals surface area (Å²) in [5, 5.41) is 13.8. The van der Waals surface area contributed by atoms with Crippen LogP contribution in [0.4, 0.5) is 11.4 Å². The van der Waals surface area contributed by atoms with Gasteiger partial charge in [-0.15, -0.1) is 0 Å². The van der Waals surface area contributed by atoms with Crippen LogP contribution in [0.15, 0.2) is 42.5 Å². The lowest BCUT2D eigenvalue weighted by atomic mass is 10.0. The van der Waals surface area contributed by atoms with Crippen LogP contribution in [0, 0.1) is 6.92 Å². The number of nitrogens with zero attached hydrogens (tertiary/aromatic N) is 1. The number of benzene rings is 2. The number of nitrogens with one attached hydrogen (secondary N) is 1. The maximum absolute atomic E-state index is 11.3. The van der Waals surface area contributed by atoms with E-state index >= 15 is 0 Å². The number of anilines is 2. The Hall–Kier alpha value is -2.88. The van der Waals surface area contributed by atoms with E-state index < -0.39 is 5.97 Å². The second-order valence-corrected chi connectivity index (χ2v) is 6.24. The fraction of sp³-hybridized carbons (Fsp3) is 0.200. The molecule has 0 aliphatic heterocycles. The summed E-state index contributed by atoms with van der Waals surface area (Å²) < 4.78 is 0. The summed E-state index contributed by atoms with van der Waals surface area (Å²) in [6, 6.07) is 13.3. The van der Waals surface area contributed by atoms with Crippen molar-refractivity contribution in [2.45, 2.75) is 26.2 Å². The largest absolute Gasteiger partial charge is 0.478 e. The third-order valence-electron chi connectivity index (χ3n) is 4.66. The molecule has 0 unspecified atom stereocenters. The quantitative estimate of drug-likeness (QED) is 0.748. The molecule has 0 saturated heterocycles. The maximum Gasteiger partial charge on any atom is 0.335 e. The van der Waals surface area contributed by atoms with Gasteiger partial charge in [0.25, 0.3) is 0 Å². The summed E-state index contributed by atoms with van der Waals surface area (Å²) in [6.45, 7) is 1.98. The van der Waals surface area contributed by atoms with Crippen molar-refractivity contribution in [2.75, 3.05) is 5.32 Å². The molecule has 0 radical (unpaired) electrons. The van der Waals surface area contributed by atoms with Gasteiger partial charge in [-0.3, -0.25) is 4.98 Å². The van der Waals surface area contributed by atoms with E-state index in [1.54, 1.807) is 12.1 Å². The lowest BCUT2D eigenvalue weighted by Gasteiger charge is -2.16. The lowest BCUT2D eigenvalue weighted by molar-refractivity contribution is 0.0697. The molecule has 120 valence electrons. The first-order valence-electron chi connectivity index (χ1n) is 8.15. The number of fused-ring (bicyclic) bond motifs is 2. The maximum atomic E-state index is 11.3. The van der Waals surface area contributed by atoms with E-state index in [2.05, 4.69) is 11.4 Å². The van der Waals surface area contributed by atoms with Crippen molar-refractivity contribution in [3.63, 3.8) is 0 Å². The van der Waals surface area contributed by atoms with Gasteiger partial charge in [-0.1, -0.05) is 24.3 Å². The van der Waals surface area contributed by atoms with Crippen LogP contribution in [0.3, 0.4) is 0 Å². The van der Waals surface area contributed by atoms with Crippen LogP contribution in [0.2, 0.25) is 0 Å². The minimum atomic E-state index is -0.914. The normalized spacial score (nSPS) is 13.0. The van der Waals surface area contributed by atoms with E-state index in [-0.39, 0.29) is 5.56 Å². The molecule has 1 aromatic heterocycles. The zero-order chi connectivity index (χ0) is 16.7. The first-order valence-corrected chi connectivity index (χ1v) is 8.15. The van der Waals surface area contributed by atoms with Gasteiger partial charge in [-0.05, 0) is 55.5 Å². The van der Waals surface area contributed by atoms with E-state index in [1.165, 1.54) is 5.56 Å². The predicted octanol–water partition coefficient (Wildman–Crippen LogP) is 4.47. The molecule has 4 nitrogen and oxygen atoms in total. The second kappa shape index (κ2) is 5.64. The van der Waals surface area contributed by atoms with Crippen LogP contribution < -0.4 is 5.32 Å². The summed E-state index contributed by atoms with van der Waals surface area (Å²) in [6.07, 6.45) is 3.12. The number of carboxylic acid groups (broad SMARTS) is 1. The average Bonchev–Trinajstić information content (AvgIpc) is 3.04. The fourth-order valence-corrected chi connectivity index (χ4v) is 3.38. The SMILES string of the molecule is Cc1ccc(C(=O)O)cc1Nc1c2c(nc3ccccc13)CCC2. The van der Waals surface area contributed by atoms with Gasteiger partial charge in [0.2, 0.25) is 0 Å². The highest BCUT2D eigenvalue weighted by Crippen LogP contribution is 2.36. The topological polar surface area (TPSA) is 62.2 Å². The van der Waals surface area contributed by atoms with Crippen LogP contribution in [0.5, 0.6) is 0 Å². The highest BCUT2D eigenvalue weighted by atomic mass is 16.4. The summed E-state index contributed by atoms with van der Waals surface area (Å²) >= 11 is 0. The Morgan fingerprint density at radius 1 is 1.17 bits per heavy atom. The minimum Gasteiger partial charge on any atom is -0.478 e. The van der Waals surface area contributed by atoms with Gasteiger partial charge in [-0.25, -0.2) is 4.79 Å². The number of aromatic nitrogens is 1. The van der Waals surface area contributed by atoms with Gasteiger partial charge < -0.3 is 10.4 Å². The van der Waals surface area contributed by atoms with Crippen LogP contribution in [0.1, 0.15) is 33.6 Å². The molecule has 1 heterocycles. The molecule has 4 heteroatoms. The zero-order valence-corrected chi connectivity index (χ0v) is 13.5. The Labute approximate surface area is 140 Å². The molecule has 24 heavy (non-hydrogen) atoms. The molecule has 0 bridgehead atoms. The number of hydrogen-bond acceptors (Lipinski definition) is 3. The van der Waals surface area contributed by atoms with Gasteiger partial charge >= 0.3 is 5.97 Å². The zero-order valence-electron chi connectivity index (χ0n) is 13.5. The predicted molar refractivity (Wildman–Crippen MR) is 95.2 cm³/mol. The smallest absolute Gasteiger partial charge is 0.335 e. The number of aromatic carboxylic acids is 1. The third kappa shape index (κ3) is 2.40. The highest BCUT2D eigenvalue weighted by molar-refractivity contribution is 5.96. The van der Waals surface area contributed by atoms with E-state index in [9.17, 15) is 9.90 Å². The summed E-state index contributed by atoms with van der Waals surface area (Å²) in [7, 11) is 0. The third-order valence-corrected chi connectivity index (χ3v) is 4.66. The standard InChI is InChI=1S/C20H18N2O2/c1-12-9-10-13(20(23)24)11-18(12)22-19-14-5-2-3-7-16(14)21-17-8-4-6-15(17)19/h2-3,5,7,9-11H,4,6,8H2,1H3,(H,21,22)(H,23,24). The van der Waals surface area contributed by atoms with Crippen LogP contribution in [0.25, 0.3) is 10.9 Å². The van der Waals surface area contributed by atoms with E-state index in [0.717, 1.165) is 52.8 Å². The number of carboxylic acids is 1. The number of hydrogen-bond donors (Lipinski definition) is 2. The molecule has 1 aliphatic rings. The Morgan fingerprint density at radius 3 is 2.83 bits per heavy atom. The molecule has 2 aromatic carbocycles. The van der Waals surface area contributed by atoms with Gasteiger partial charge in [0.05, 0.1) is 16.8 Å². The highest BCUT2D eigenvalue weighted by Gasteiger charge is 2.20. The average molecular weight is 318 g/mol. The van der Waals surface area contributed by atoms with E-state index in [4.69, 9.17) is 4.98 Å². The van der Waals surface area contributed by atoms with Crippen molar-refractivity contribution in [2.24, 2.45) is 0 Å². The molecule has 0 atom stereocenters. The number of pyridine rings is 1. The Morgan fingerprint density at radius 2 is 2.00 bits per heavy atom. The Balaban J connectivity index is 1.89. The molecular formula is C20H18N2O2. The van der Waals surface area contributed by atoms with Crippen molar-refractivity contribution < 1.29 is 9.90 Å². The fourth-order valence-electron chi connectivity index (χ4n) is 3.38. The molecule has 0 saturated carbocycles. The molecule has 2 N–H and O–H groups in total.